The zero-order valence-electron chi connectivity index (χ0n) is 10.5. The maximum Gasteiger partial charge on any atom is 0.167 e. The van der Waals surface area contributed by atoms with Crippen molar-refractivity contribution in [3.8, 4) is 0 Å². The molecule has 0 saturated carbocycles. The minimum Gasteiger partial charge on any atom is -0.356 e. The molecule has 0 aliphatic rings. The Bertz CT molecular complexity index is 421. The first-order chi connectivity index (χ1) is 7.77. The summed E-state index contributed by atoms with van der Waals surface area (Å²) in [6.45, 7) is 5.00. The van der Waals surface area contributed by atoms with Crippen molar-refractivity contribution < 1.29 is 4.52 Å². The minimum absolute atomic E-state index is 0.876. The van der Waals surface area contributed by atoms with Gasteiger partial charge in [0.25, 0.3) is 0 Å². The average Bonchev–Trinajstić information content (AvgIpc) is 2.72. The third kappa shape index (κ3) is 3.07. The van der Waals surface area contributed by atoms with Gasteiger partial charge in [0.1, 0.15) is 0 Å². The summed E-state index contributed by atoms with van der Waals surface area (Å²) < 4.78 is 5.21. The maximum absolute atomic E-state index is 5.21. The van der Waals surface area contributed by atoms with E-state index in [1.807, 2.05) is 32.0 Å². The predicted octanol–water partition coefficient (Wildman–Crippen LogP) is 2.96. The lowest BCUT2D eigenvalue weighted by Crippen LogP contribution is -2.15. The number of rotatable bonds is 3. The van der Waals surface area contributed by atoms with Gasteiger partial charge in [0.2, 0.25) is 0 Å². The molecule has 0 atom stereocenters. The molecule has 0 N–H and O–H groups in total. The van der Waals surface area contributed by atoms with E-state index in [-0.39, 0.29) is 0 Å². The Balaban J connectivity index is 0.000000606. The van der Waals surface area contributed by atoms with E-state index < -0.39 is 0 Å². The molecular formula is C13H20N2O. The van der Waals surface area contributed by atoms with Gasteiger partial charge in [-0.25, -0.2) is 0 Å². The molecule has 2 aromatic rings. The van der Waals surface area contributed by atoms with Crippen molar-refractivity contribution >= 4 is 11.0 Å². The van der Waals surface area contributed by atoms with E-state index in [0.29, 0.717) is 0 Å². The van der Waals surface area contributed by atoms with Crippen LogP contribution in [-0.4, -0.2) is 30.7 Å². The Morgan fingerprint density at radius 1 is 1.19 bits per heavy atom. The molecule has 0 radical (unpaired) electrons. The van der Waals surface area contributed by atoms with E-state index >= 15 is 0 Å². The molecule has 0 bridgehead atoms. The van der Waals surface area contributed by atoms with E-state index in [4.69, 9.17) is 4.52 Å². The molecule has 88 valence electrons. The van der Waals surface area contributed by atoms with E-state index in [2.05, 4.69) is 30.2 Å². The number of fused-ring (bicyclic) bond motifs is 1. The van der Waals surface area contributed by atoms with E-state index in [0.717, 1.165) is 29.6 Å². The van der Waals surface area contributed by atoms with Crippen LogP contribution in [0.5, 0.6) is 0 Å². The van der Waals surface area contributed by atoms with Crippen LogP contribution in [0.1, 0.15) is 19.5 Å². The second-order valence-electron chi connectivity index (χ2n) is 3.68. The third-order valence-corrected chi connectivity index (χ3v) is 2.25. The monoisotopic (exact) mass is 220 g/mol. The first-order valence-electron chi connectivity index (χ1n) is 5.75. The summed E-state index contributed by atoms with van der Waals surface area (Å²) in [6, 6.07) is 7.97. The molecule has 0 aliphatic heterocycles. The Kier molecular flexibility index (Phi) is 4.99. The van der Waals surface area contributed by atoms with Crippen LogP contribution in [0.25, 0.3) is 11.0 Å². The highest BCUT2D eigenvalue weighted by Gasteiger charge is 2.06. The summed E-state index contributed by atoms with van der Waals surface area (Å²) in [5, 5.41) is 5.20. The largest absolute Gasteiger partial charge is 0.356 e. The van der Waals surface area contributed by atoms with Crippen LogP contribution in [0.4, 0.5) is 0 Å². The Morgan fingerprint density at radius 3 is 2.56 bits per heavy atom. The van der Waals surface area contributed by atoms with Gasteiger partial charge in [0.15, 0.2) is 5.58 Å². The summed E-state index contributed by atoms with van der Waals surface area (Å²) in [5.41, 5.74) is 1.93. The standard InChI is InChI=1S/C11H14N2O.C2H6/c1-13(2)8-7-10-9-5-3-4-6-11(9)14-12-10;1-2/h3-6H,7-8H2,1-2H3;1-2H3. The third-order valence-electron chi connectivity index (χ3n) is 2.25. The maximum atomic E-state index is 5.21. The molecule has 3 heteroatoms. The second-order valence-corrected chi connectivity index (χ2v) is 3.68. The summed E-state index contributed by atoms with van der Waals surface area (Å²) in [5.74, 6) is 0. The van der Waals surface area contributed by atoms with Crippen LogP contribution < -0.4 is 0 Å². The first kappa shape index (κ1) is 12.7. The Labute approximate surface area is 97.0 Å². The molecule has 16 heavy (non-hydrogen) atoms. The van der Waals surface area contributed by atoms with Gasteiger partial charge in [-0.1, -0.05) is 31.1 Å². The SMILES string of the molecule is CC.CN(C)CCc1noc2ccccc12. The fourth-order valence-electron chi connectivity index (χ4n) is 1.45. The van der Waals surface area contributed by atoms with E-state index in [9.17, 15) is 0 Å². The van der Waals surface area contributed by atoms with Crippen molar-refractivity contribution in [1.82, 2.24) is 10.1 Å². The molecule has 1 aromatic heterocycles. The van der Waals surface area contributed by atoms with Crippen molar-refractivity contribution in [2.45, 2.75) is 20.3 Å². The number of nitrogens with zero attached hydrogens (tertiary/aromatic N) is 2. The molecular weight excluding hydrogens is 200 g/mol. The van der Waals surface area contributed by atoms with Gasteiger partial charge < -0.3 is 9.42 Å². The zero-order chi connectivity index (χ0) is 12.0. The summed E-state index contributed by atoms with van der Waals surface area (Å²) in [6.07, 6.45) is 0.935. The number of para-hydroxylation sites is 1. The Hall–Kier alpha value is -1.35. The predicted molar refractivity (Wildman–Crippen MR) is 67.6 cm³/mol. The van der Waals surface area contributed by atoms with Gasteiger partial charge in [-0.15, -0.1) is 0 Å². The summed E-state index contributed by atoms with van der Waals surface area (Å²) >= 11 is 0. The van der Waals surface area contributed by atoms with Gasteiger partial charge in [0.05, 0.1) is 5.69 Å². The van der Waals surface area contributed by atoms with Crippen LogP contribution in [0.2, 0.25) is 0 Å². The number of benzene rings is 1. The highest BCUT2D eigenvalue weighted by Crippen LogP contribution is 2.17. The van der Waals surface area contributed by atoms with Gasteiger partial charge in [-0.2, -0.15) is 0 Å². The smallest absolute Gasteiger partial charge is 0.167 e. The molecule has 0 amide bonds. The molecule has 1 aromatic carbocycles. The molecule has 0 unspecified atom stereocenters. The highest BCUT2D eigenvalue weighted by atomic mass is 16.5. The fourth-order valence-corrected chi connectivity index (χ4v) is 1.45. The van der Waals surface area contributed by atoms with Crippen molar-refractivity contribution in [2.75, 3.05) is 20.6 Å². The topological polar surface area (TPSA) is 29.3 Å². The van der Waals surface area contributed by atoms with E-state index in [1.165, 1.54) is 0 Å². The molecule has 0 aliphatic carbocycles. The number of hydrogen-bond donors (Lipinski definition) is 0. The first-order valence-corrected chi connectivity index (χ1v) is 5.75. The van der Waals surface area contributed by atoms with Gasteiger partial charge in [-0.3, -0.25) is 0 Å². The summed E-state index contributed by atoms with van der Waals surface area (Å²) in [7, 11) is 4.12. The normalized spacial score (nSPS) is 10.3. The quantitative estimate of drug-likeness (QED) is 0.796. The molecule has 0 fully saturated rings. The van der Waals surface area contributed by atoms with Gasteiger partial charge in [-0.05, 0) is 26.2 Å². The van der Waals surface area contributed by atoms with Crippen LogP contribution in [0.15, 0.2) is 28.8 Å². The van der Waals surface area contributed by atoms with Crippen molar-refractivity contribution in [3.05, 3.63) is 30.0 Å². The van der Waals surface area contributed by atoms with Crippen LogP contribution in [0.3, 0.4) is 0 Å². The van der Waals surface area contributed by atoms with Crippen molar-refractivity contribution in [1.29, 1.82) is 0 Å². The van der Waals surface area contributed by atoms with Gasteiger partial charge in [0, 0.05) is 18.4 Å². The molecule has 2 rings (SSSR count). The van der Waals surface area contributed by atoms with Gasteiger partial charge >= 0.3 is 0 Å². The molecule has 3 nitrogen and oxygen atoms in total. The number of hydrogen-bond acceptors (Lipinski definition) is 3. The second kappa shape index (κ2) is 6.28. The lowest BCUT2D eigenvalue weighted by atomic mass is 10.2. The molecule has 1 heterocycles. The van der Waals surface area contributed by atoms with Crippen molar-refractivity contribution in [3.63, 3.8) is 0 Å². The van der Waals surface area contributed by atoms with Crippen molar-refractivity contribution in [2.24, 2.45) is 0 Å². The summed E-state index contributed by atoms with van der Waals surface area (Å²) in [4.78, 5) is 2.14. The fraction of sp³-hybridized carbons (Fsp3) is 0.462. The van der Waals surface area contributed by atoms with Crippen LogP contribution in [-0.2, 0) is 6.42 Å². The minimum atomic E-state index is 0.876. The zero-order valence-corrected chi connectivity index (χ0v) is 10.5. The van der Waals surface area contributed by atoms with E-state index in [1.54, 1.807) is 0 Å². The highest BCUT2D eigenvalue weighted by molar-refractivity contribution is 5.79. The number of aromatic nitrogens is 1. The van der Waals surface area contributed by atoms with Crippen LogP contribution >= 0.6 is 0 Å². The average molecular weight is 220 g/mol. The lowest BCUT2D eigenvalue weighted by Gasteiger charge is -2.06. The van der Waals surface area contributed by atoms with Crippen LogP contribution in [0, 0.1) is 0 Å². The Morgan fingerprint density at radius 2 is 1.88 bits per heavy atom. The molecule has 0 saturated heterocycles. The number of likely N-dealkylation sites (N-methyl/N-ethyl adjacent to an activating group) is 1. The molecule has 0 spiro atoms. The lowest BCUT2D eigenvalue weighted by molar-refractivity contribution is 0.398.